The minimum absolute atomic E-state index is 0.390. The molecule has 50 valence electrons. The first-order valence-corrected chi connectivity index (χ1v) is 3.80. The Balaban J connectivity index is 2.21. The van der Waals surface area contributed by atoms with Crippen molar-refractivity contribution in [2.45, 2.75) is 31.7 Å². The highest BCUT2D eigenvalue weighted by Crippen LogP contribution is 2.37. The van der Waals surface area contributed by atoms with Crippen LogP contribution in [0.5, 0.6) is 0 Å². The van der Waals surface area contributed by atoms with Crippen LogP contribution in [-0.4, -0.2) is 6.04 Å². The van der Waals surface area contributed by atoms with Crippen LogP contribution >= 0.6 is 0 Å². The van der Waals surface area contributed by atoms with E-state index < -0.39 is 0 Å². The lowest BCUT2D eigenvalue weighted by Gasteiger charge is -2.16. The zero-order valence-corrected chi connectivity index (χ0v) is 5.64. The average Bonchev–Trinajstić information content (AvgIpc) is 2.11. The largest absolute Gasteiger partial charge is 0.324 e. The molecular weight excluding hydrogens is 110 g/mol. The second-order valence-corrected chi connectivity index (χ2v) is 3.33. The lowest BCUT2D eigenvalue weighted by molar-refractivity contribution is 0.472. The molecule has 2 rings (SSSR count). The van der Waals surface area contributed by atoms with Crippen LogP contribution in [0.15, 0.2) is 11.6 Å². The van der Waals surface area contributed by atoms with E-state index in [1.54, 1.807) is 5.57 Å². The number of rotatable bonds is 0. The Kier molecular flexibility index (Phi) is 1.12. The molecule has 2 atom stereocenters. The predicted octanol–water partition coefficient (Wildman–Crippen LogP) is 1.44. The van der Waals surface area contributed by atoms with Crippen molar-refractivity contribution in [2.75, 3.05) is 0 Å². The number of nitrogens with two attached hydrogens (primary N) is 1. The molecule has 0 aromatic carbocycles. The van der Waals surface area contributed by atoms with E-state index in [0.29, 0.717) is 6.04 Å². The Hall–Kier alpha value is -0.300. The van der Waals surface area contributed by atoms with E-state index in [4.69, 9.17) is 5.73 Å². The van der Waals surface area contributed by atoms with E-state index in [9.17, 15) is 0 Å². The molecule has 0 spiro atoms. The molecule has 1 nitrogen and oxygen atoms in total. The van der Waals surface area contributed by atoms with E-state index >= 15 is 0 Å². The Morgan fingerprint density at radius 3 is 3.22 bits per heavy atom. The minimum atomic E-state index is 0.390. The van der Waals surface area contributed by atoms with Gasteiger partial charge in [-0.3, -0.25) is 0 Å². The summed E-state index contributed by atoms with van der Waals surface area (Å²) < 4.78 is 0. The molecule has 1 saturated carbocycles. The van der Waals surface area contributed by atoms with Gasteiger partial charge in [-0.25, -0.2) is 0 Å². The Labute approximate surface area is 55.9 Å². The second kappa shape index (κ2) is 1.84. The van der Waals surface area contributed by atoms with Gasteiger partial charge in [-0.05, 0) is 31.6 Å². The molecule has 9 heavy (non-hydrogen) atoms. The van der Waals surface area contributed by atoms with Gasteiger partial charge in [0.1, 0.15) is 0 Å². The maximum atomic E-state index is 5.78. The van der Waals surface area contributed by atoms with Gasteiger partial charge in [0.25, 0.3) is 0 Å². The highest BCUT2D eigenvalue weighted by molar-refractivity contribution is 5.16. The van der Waals surface area contributed by atoms with Gasteiger partial charge in [0.2, 0.25) is 0 Å². The third-order valence-electron chi connectivity index (χ3n) is 2.48. The highest BCUT2D eigenvalue weighted by atomic mass is 14.6. The number of hydrogen-bond acceptors (Lipinski definition) is 1. The van der Waals surface area contributed by atoms with Crippen LogP contribution in [0.3, 0.4) is 0 Å². The molecule has 0 radical (unpaired) electrons. The van der Waals surface area contributed by atoms with Crippen LogP contribution in [0.2, 0.25) is 0 Å². The van der Waals surface area contributed by atoms with Crippen LogP contribution in [-0.2, 0) is 0 Å². The molecule has 0 saturated heterocycles. The van der Waals surface area contributed by atoms with Gasteiger partial charge in [0.15, 0.2) is 0 Å². The average molecular weight is 123 g/mol. The standard InChI is InChI=1S/C8H13N/c9-8-4-6-1-2-7(3-6)5-8/h4,7-8H,1-3,5,9H2. The molecule has 0 heterocycles. The molecule has 2 N–H and O–H groups in total. The summed E-state index contributed by atoms with van der Waals surface area (Å²) in [5.74, 6) is 0.944. The van der Waals surface area contributed by atoms with Crippen LogP contribution in [0.4, 0.5) is 0 Å². The summed E-state index contributed by atoms with van der Waals surface area (Å²) in [6.45, 7) is 0. The van der Waals surface area contributed by atoms with Crippen LogP contribution in [0, 0.1) is 5.92 Å². The summed E-state index contributed by atoms with van der Waals surface area (Å²) in [4.78, 5) is 0. The zero-order chi connectivity index (χ0) is 6.27. The predicted molar refractivity (Wildman–Crippen MR) is 38.0 cm³/mol. The Morgan fingerprint density at radius 1 is 1.56 bits per heavy atom. The monoisotopic (exact) mass is 123 g/mol. The van der Waals surface area contributed by atoms with E-state index in [1.807, 2.05) is 0 Å². The lowest BCUT2D eigenvalue weighted by atomic mass is 9.93. The van der Waals surface area contributed by atoms with Crippen molar-refractivity contribution in [1.29, 1.82) is 0 Å². The van der Waals surface area contributed by atoms with Crippen LogP contribution in [0.25, 0.3) is 0 Å². The van der Waals surface area contributed by atoms with Crippen molar-refractivity contribution in [2.24, 2.45) is 11.7 Å². The summed E-state index contributed by atoms with van der Waals surface area (Å²) in [6, 6.07) is 0.390. The number of hydrogen-bond donors (Lipinski definition) is 1. The maximum absolute atomic E-state index is 5.78. The fourth-order valence-corrected chi connectivity index (χ4v) is 2.07. The first-order chi connectivity index (χ1) is 4.34. The first kappa shape index (κ1) is 5.48. The van der Waals surface area contributed by atoms with Crippen molar-refractivity contribution < 1.29 is 0 Å². The SMILES string of the molecule is NC1C=C2CCC(C2)C1. The summed E-state index contributed by atoms with van der Waals surface area (Å²) in [5, 5.41) is 0. The maximum Gasteiger partial charge on any atom is 0.0229 e. The molecule has 0 amide bonds. The number of allylic oxidation sites excluding steroid dienone is 1. The molecule has 2 unspecified atom stereocenters. The molecule has 0 aromatic rings. The Bertz CT molecular complexity index is 149. The van der Waals surface area contributed by atoms with Crippen molar-refractivity contribution >= 4 is 0 Å². The smallest absolute Gasteiger partial charge is 0.0229 e. The fourth-order valence-electron chi connectivity index (χ4n) is 2.07. The summed E-state index contributed by atoms with van der Waals surface area (Å²) in [7, 11) is 0. The third kappa shape index (κ3) is 0.897. The van der Waals surface area contributed by atoms with Gasteiger partial charge in [-0.2, -0.15) is 0 Å². The van der Waals surface area contributed by atoms with E-state index in [-0.39, 0.29) is 0 Å². The second-order valence-electron chi connectivity index (χ2n) is 3.33. The van der Waals surface area contributed by atoms with E-state index in [0.717, 1.165) is 5.92 Å². The van der Waals surface area contributed by atoms with Crippen molar-refractivity contribution in [3.63, 3.8) is 0 Å². The minimum Gasteiger partial charge on any atom is -0.324 e. The number of fused-ring (bicyclic) bond motifs is 2. The van der Waals surface area contributed by atoms with Gasteiger partial charge in [0.05, 0.1) is 0 Å². The first-order valence-electron chi connectivity index (χ1n) is 3.80. The van der Waals surface area contributed by atoms with Crippen molar-refractivity contribution in [3.8, 4) is 0 Å². The van der Waals surface area contributed by atoms with Gasteiger partial charge in [-0.1, -0.05) is 11.6 Å². The van der Waals surface area contributed by atoms with Crippen LogP contribution in [0.1, 0.15) is 25.7 Å². The van der Waals surface area contributed by atoms with Gasteiger partial charge in [-0.15, -0.1) is 0 Å². The molecule has 2 aliphatic carbocycles. The lowest BCUT2D eigenvalue weighted by Crippen LogP contribution is -2.22. The molecule has 0 aromatic heterocycles. The van der Waals surface area contributed by atoms with Gasteiger partial charge in [0, 0.05) is 6.04 Å². The summed E-state index contributed by atoms with van der Waals surface area (Å²) in [6.07, 6.45) is 7.60. The van der Waals surface area contributed by atoms with Crippen LogP contribution < -0.4 is 5.73 Å². The van der Waals surface area contributed by atoms with E-state index in [2.05, 4.69) is 6.08 Å². The third-order valence-corrected chi connectivity index (χ3v) is 2.48. The van der Waals surface area contributed by atoms with Gasteiger partial charge < -0.3 is 5.73 Å². The molecule has 2 bridgehead atoms. The molecule has 0 aliphatic heterocycles. The van der Waals surface area contributed by atoms with Gasteiger partial charge >= 0.3 is 0 Å². The molecule has 2 aliphatic rings. The topological polar surface area (TPSA) is 26.0 Å². The zero-order valence-electron chi connectivity index (χ0n) is 5.64. The fraction of sp³-hybridized carbons (Fsp3) is 0.750. The quantitative estimate of drug-likeness (QED) is 0.485. The highest BCUT2D eigenvalue weighted by Gasteiger charge is 2.25. The van der Waals surface area contributed by atoms with Crippen molar-refractivity contribution in [1.82, 2.24) is 0 Å². The summed E-state index contributed by atoms with van der Waals surface area (Å²) >= 11 is 0. The normalized spacial score (nSPS) is 40.8. The van der Waals surface area contributed by atoms with Crippen molar-refractivity contribution in [3.05, 3.63) is 11.6 Å². The Morgan fingerprint density at radius 2 is 2.44 bits per heavy atom. The molecule has 1 fully saturated rings. The van der Waals surface area contributed by atoms with E-state index in [1.165, 1.54) is 25.7 Å². The molecular formula is C8H13N. The molecule has 1 heteroatoms. The summed E-state index contributed by atoms with van der Waals surface area (Å²) in [5.41, 5.74) is 7.40.